The molecule has 0 aromatic heterocycles. The van der Waals surface area contributed by atoms with Crippen molar-refractivity contribution in [3.8, 4) is 0 Å². The zero-order valence-corrected chi connectivity index (χ0v) is 15.7. The normalized spacial score (nSPS) is 12.7. The molecule has 0 aliphatic rings. The highest BCUT2D eigenvalue weighted by Gasteiger charge is 2.10. The zero-order chi connectivity index (χ0) is 14.8. The second kappa shape index (κ2) is 12.2. The van der Waals surface area contributed by atoms with Gasteiger partial charge in [0.2, 0.25) is 5.91 Å². The number of methoxy groups -OCH3 is 1. The first-order chi connectivity index (χ1) is 8.88. The molecule has 0 aliphatic heterocycles. The van der Waals surface area contributed by atoms with Crippen LogP contribution in [0.15, 0.2) is 4.99 Å². The average Bonchev–Trinajstić information content (AvgIpc) is 2.34. The first-order valence-corrected chi connectivity index (χ1v) is 6.62. The lowest BCUT2D eigenvalue weighted by Gasteiger charge is -2.21. The van der Waals surface area contributed by atoms with Gasteiger partial charge in [0.1, 0.15) is 6.54 Å². The maximum Gasteiger partial charge on any atom is 0.243 e. The van der Waals surface area contributed by atoms with Crippen LogP contribution in [0.1, 0.15) is 20.8 Å². The molecule has 1 atom stereocenters. The number of carbonyl (C=O) groups is 1. The van der Waals surface area contributed by atoms with E-state index in [9.17, 15) is 4.79 Å². The third kappa shape index (κ3) is 10.2. The van der Waals surface area contributed by atoms with Crippen molar-refractivity contribution < 1.29 is 9.53 Å². The van der Waals surface area contributed by atoms with Gasteiger partial charge in [0, 0.05) is 33.8 Å². The molecular formula is C13H29IN4O2. The van der Waals surface area contributed by atoms with Gasteiger partial charge in [-0.3, -0.25) is 4.79 Å². The van der Waals surface area contributed by atoms with Gasteiger partial charge in [0.05, 0.1) is 6.61 Å². The number of rotatable bonds is 7. The summed E-state index contributed by atoms with van der Waals surface area (Å²) in [5.74, 6) is 1.11. The molecule has 0 fully saturated rings. The number of carbonyl (C=O) groups excluding carboxylic acids is 1. The average molecular weight is 400 g/mol. The van der Waals surface area contributed by atoms with E-state index >= 15 is 0 Å². The van der Waals surface area contributed by atoms with Crippen molar-refractivity contribution in [2.24, 2.45) is 10.9 Å². The molecule has 7 heteroatoms. The highest BCUT2D eigenvalue weighted by molar-refractivity contribution is 14.0. The molecule has 0 spiro atoms. The molecule has 2 N–H and O–H groups in total. The maximum atomic E-state index is 11.5. The van der Waals surface area contributed by atoms with Crippen molar-refractivity contribution in [1.82, 2.24) is 15.5 Å². The van der Waals surface area contributed by atoms with Crippen LogP contribution in [0.4, 0.5) is 0 Å². The van der Waals surface area contributed by atoms with Gasteiger partial charge < -0.3 is 20.3 Å². The van der Waals surface area contributed by atoms with Crippen molar-refractivity contribution in [2.75, 3.05) is 40.9 Å². The Morgan fingerprint density at radius 2 is 1.90 bits per heavy atom. The summed E-state index contributed by atoms with van der Waals surface area (Å²) in [7, 11) is 5.10. The zero-order valence-electron chi connectivity index (χ0n) is 13.4. The molecule has 1 unspecified atom stereocenters. The van der Waals surface area contributed by atoms with Crippen LogP contribution < -0.4 is 10.6 Å². The summed E-state index contributed by atoms with van der Waals surface area (Å²) in [6.07, 6.45) is 0. The molecule has 1 amide bonds. The maximum absolute atomic E-state index is 11.5. The van der Waals surface area contributed by atoms with Crippen molar-refractivity contribution in [3.63, 3.8) is 0 Å². The van der Waals surface area contributed by atoms with Crippen molar-refractivity contribution >= 4 is 35.8 Å². The quantitative estimate of drug-likeness (QED) is 0.289. The van der Waals surface area contributed by atoms with Crippen LogP contribution in [0.2, 0.25) is 0 Å². The van der Waals surface area contributed by atoms with Crippen LogP contribution in [0.25, 0.3) is 0 Å². The lowest BCUT2D eigenvalue weighted by molar-refractivity contribution is -0.127. The van der Waals surface area contributed by atoms with E-state index in [2.05, 4.69) is 36.4 Å². The number of ether oxygens (including phenoxy) is 1. The summed E-state index contributed by atoms with van der Waals surface area (Å²) in [5, 5.41) is 6.43. The Kier molecular flexibility index (Phi) is 13.2. The Labute approximate surface area is 139 Å². The van der Waals surface area contributed by atoms with Crippen molar-refractivity contribution in [2.45, 2.75) is 26.8 Å². The number of aliphatic imine (C=N–C) groups is 1. The van der Waals surface area contributed by atoms with E-state index in [1.54, 1.807) is 21.2 Å². The van der Waals surface area contributed by atoms with E-state index in [0.717, 1.165) is 0 Å². The number of halogens is 1. The van der Waals surface area contributed by atoms with Gasteiger partial charge in [0.25, 0.3) is 0 Å². The summed E-state index contributed by atoms with van der Waals surface area (Å²) in [6.45, 7) is 7.75. The highest BCUT2D eigenvalue weighted by atomic mass is 127. The molecule has 120 valence electrons. The monoisotopic (exact) mass is 400 g/mol. The molecule has 0 bridgehead atoms. The van der Waals surface area contributed by atoms with E-state index in [4.69, 9.17) is 4.74 Å². The molecular weight excluding hydrogens is 371 g/mol. The topological polar surface area (TPSA) is 66.0 Å². The van der Waals surface area contributed by atoms with Gasteiger partial charge in [-0.15, -0.1) is 24.0 Å². The fraction of sp³-hybridized carbons (Fsp3) is 0.846. The van der Waals surface area contributed by atoms with Crippen LogP contribution in [0.3, 0.4) is 0 Å². The third-order valence-electron chi connectivity index (χ3n) is 2.83. The van der Waals surface area contributed by atoms with E-state index in [1.807, 2.05) is 0 Å². The Hall–Kier alpha value is -0.570. The van der Waals surface area contributed by atoms with E-state index in [-0.39, 0.29) is 42.5 Å². The van der Waals surface area contributed by atoms with Crippen LogP contribution in [0.5, 0.6) is 0 Å². The standard InChI is InChI=1S/C13H28N4O2.HI/c1-10(2)11(3)16-13(14-7-8-19-6)15-9-12(18)17(4)5;/h10-11H,7-9H2,1-6H3,(H2,14,15,16);1H. The SMILES string of the molecule is COCCNC(=NCC(=O)N(C)C)NC(C)C(C)C.I. The van der Waals surface area contributed by atoms with Crippen LogP contribution in [-0.2, 0) is 9.53 Å². The molecule has 0 radical (unpaired) electrons. The number of hydrogen-bond donors (Lipinski definition) is 2. The van der Waals surface area contributed by atoms with Gasteiger partial charge in [-0.1, -0.05) is 13.8 Å². The Balaban J connectivity index is 0. The molecule has 0 aromatic rings. The molecule has 0 heterocycles. The van der Waals surface area contributed by atoms with Gasteiger partial charge in [0.15, 0.2) is 5.96 Å². The predicted molar refractivity (Wildman–Crippen MR) is 93.7 cm³/mol. The fourth-order valence-corrected chi connectivity index (χ4v) is 1.09. The van der Waals surface area contributed by atoms with E-state index < -0.39 is 0 Å². The van der Waals surface area contributed by atoms with E-state index in [0.29, 0.717) is 25.0 Å². The number of nitrogens with zero attached hydrogens (tertiary/aromatic N) is 2. The number of hydrogen-bond acceptors (Lipinski definition) is 3. The lowest BCUT2D eigenvalue weighted by Crippen LogP contribution is -2.45. The van der Waals surface area contributed by atoms with Crippen LogP contribution >= 0.6 is 24.0 Å². The summed E-state index contributed by atoms with van der Waals surface area (Å²) < 4.78 is 4.99. The molecule has 0 saturated carbocycles. The van der Waals surface area contributed by atoms with Crippen molar-refractivity contribution in [1.29, 1.82) is 0 Å². The molecule has 0 saturated heterocycles. The largest absolute Gasteiger partial charge is 0.383 e. The fourth-order valence-electron chi connectivity index (χ4n) is 1.09. The van der Waals surface area contributed by atoms with Gasteiger partial charge in [-0.25, -0.2) is 4.99 Å². The number of guanidine groups is 1. The summed E-state index contributed by atoms with van der Waals surface area (Å²) >= 11 is 0. The Bertz CT molecular complexity index is 296. The molecule has 6 nitrogen and oxygen atoms in total. The van der Waals surface area contributed by atoms with Crippen molar-refractivity contribution in [3.05, 3.63) is 0 Å². The predicted octanol–water partition coefficient (Wildman–Crippen LogP) is 0.919. The first kappa shape index (κ1) is 21.7. The Morgan fingerprint density at radius 3 is 2.35 bits per heavy atom. The second-order valence-electron chi connectivity index (χ2n) is 5.05. The summed E-state index contributed by atoms with van der Waals surface area (Å²) in [6, 6.07) is 0.281. The number of amides is 1. The number of nitrogens with one attached hydrogen (secondary N) is 2. The summed E-state index contributed by atoms with van der Waals surface area (Å²) in [4.78, 5) is 17.4. The van der Waals surface area contributed by atoms with Crippen LogP contribution in [-0.4, -0.2) is 63.7 Å². The first-order valence-electron chi connectivity index (χ1n) is 6.62. The van der Waals surface area contributed by atoms with Gasteiger partial charge in [-0.05, 0) is 12.8 Å². The third-order valence-corrected chi connectivity index (χ3v) is 2.83. The molecule has 0 aliphatic carbocycles. The minimum absolute atomic E-state index is 0. The van der Waals surface area contributed by atoms with Gasteiger partial charge in [-0.2, -0.15) is 0 Å². The van der Waals surface area contributed by atoms with E-state index in [1.165, 1.54) is 4.90 Å². The minimum atomic E-state index is -0.0231. The molecule has 0 rings (SSSR count). The lowest BCUT2D eigenvalue weighted by atomic mass is 10.1. The van der Waals surface area contributed by atoms with Crippen LogP contribution in [0, 0.1) is 5.92 Å². The molecule has 0 aromatic carbocycles. The molecule has 20 heavy (non-hydrogen) atoms. The minimum Gasteiger partial charge on any atom is -0.383 e. The smallest absolute Gasteiger partial charge is 0.243 e. The van der Waals surface area contributed by atoms with Gasteiger partial charge >= 0.3 is 0 Å². The Morgan fingerprint density at radius 1 is 1.30 bits per heavy atom. The second-order valence-corrected chi connectivity index (χ2v) is 5.05. The number of likely N-dealkylation sites (N-methyl/N-ethyl adjacent to an activating group) is 1. The summed E-state index contributed by atoms with van der Waals surface area (Å²) in [5.41, 5.74) is 0. The highest BCUT2D eigenvalue weighted by Crippen LogP contribution is 1.99.